The number of hydrogen-bond acceptors (Lipinski definition) is 2. The van der Waals surface area contributed by atoms with Gasteiger partial charge in [0.1, 0.15) is 0 Å². The molecule has 1 heterocycles. The molecule has 1 saturated heterocycles. The van der Waals surface area contributed by atoms with Gasteiger partial charge in [0.25, 0.3) is 0 Å². The van der Waals surface area contributed by atoms with Gasteiger partial charge in [0.05, 0.1) is 0 Å². The molecule has 2 unspecified atom stereocenters. The largest absolute Gasteiger partial charge is 0.327 e. The lowest BCUT2D eigenvalue weighted by Crippen LogP contribution is -2.44. The van der Waals surface area contributed by atoms with E-state index < -0.39 is 0 Å². The molecule has 0 aliphatic carbocycles. The maximum atomic E-state index is 6.07. The summed E-state index contributed by atoms with van der Waals surface area (Å²) in [4.78, 5) is 2.54. The summed E-state index contributed by atoms with van der Waals surface area (Å²) >= 11 is 3.49. The van der Waals surface area contributed by atoms with Gasteiger partial charge in [-0.25, -0.2) is 0 Å². The molecule has 0 saturated carbocycles. The second kappa shape index (κ2) is 7.49. The van der Waals surface area contributed by atoms with Crippen LogP contribution in [0.3, 0.4) is 0 Å². The van der Waals surface area contributed by atoms with E-state index in [2.05, 4.69) is 52.0 Å². The molecule has 2 atom stereocenters. The van der Waals surface area contributed by atoms with Crippen LogP contribution in [-0.4, -0.2) is 24.0 Å². The number of piperidine rings is 1. The first-order valence-electron chi connectivity index (χ1n) is 6.45. The van der Waals surface area contributed by atoms with Crippen LogP contribution in [0.4, 0.5) is 0 Å². The quantitative estimate of drug-likeness (QED) is 0.913. The van der Waals surface area contributed by atoms with Gasteiger partial charge in [0.15, 0.2) is 0 Å². The molecule has 18 heavy (non-hydrogen) atoms. The maximum absolute atomic E-state index is 6.07. The number of halogens is 2. The SMILES string of the molecule is CCC(c1ccc(Br)cc1)N1CCCC(N)C1.Cl. The van der Waals surface area contributed by atoms with Crippen LogP contribution < -0.4 is 5.73 Å². The van der Waals surface area contributed by atoms with Crippen molar-refractivity contribution in [2.24, 2.45) is 5.73 Å². The standard InChI is InChI=1S/C14H21BrN2.ClH/c1-2-14(11-5-7-12(15)8-6-11)17-9-3-4-13(16)10-17;/h5-8,13-14H,2-4,9-10,16H2,1H3;1H. The molecule has 4 heteroatoms. The van der Waals surface area contributed by atoms with Gasteiger partial charge in [-0.3, -0.25) is 4.90 Å². The molecule has 0 bridgehead atoms. The minimum absolute atomic E-state index is 0. The molecule has 2 N–H and O–H groups in total. The van der Waals surface area contributed by atoms with E-state index in [1.165, 1.54) is 24.9 Å². The summed E-state index contributed by atoms with van der Waals surface area (Å²) in [5, 5.41) is 0. The van der Waals surface area contributed by atoms with Crippen LogP contribution >= 0.6 is 28.3 Å². The Morgan fingerprint density at radius 1 is 1.39 bits per heavy atom. The third kappa shape index (κ3) is 3.95. The fraction of sp³-hybridized carbons (Fsp3) is 0.571. The lowest BCUT2D eigenvalue weighted by atomic mass is 9.98. The Bertz CT molecular complexity index is 355. The van der Waals surface area contributed by atoms with Gasteiger partial charge in [-0.2, -0.15) is 0 Å². The molecule has 0 amide bonds. The minimum Gasteiger partial charge on any atom is -0.327 e. The molecule has 0 radical (unpaired) electrons. The number of rotatable bonds is 3. The Labute approximate surface area is 124 Å². The van der Waals surface area contributed by atoms with Gasteiger partial charge in [0, 0.05) is 23.1 Å². The summed E-state index contributed by atoms with van der Waals surface area (Å²) in [5.74, 6) is 0. The maximum Gasteiger partial charge on any atom is 0.0346 e. The lowest BCUT2D eigenvalue weighted by Gasteiger charge is -2.37. The number of benzene rings is 1. The zero-order valence-corrected chi connectivity index (χ0v) is 13.2. The van der Waals surface area contributed by atoms with E-state index in [1.54, 1.807) is 0 Å². The van der Waals surface area contributed by atoms with Crippen LogP contribution in [0.15, 0.2) is 28.7 Å². The van der Waals surface area contributed by atoms with E-state index in [-0.39, 0.29) is 12.4 Å². The van der Waals surface area contributed by atoms with Gasteiger partial charge in [0.2, 0.25) is 0 Å². The summed E-state index contributed by atoms with van der Waals surface area (Å²) in [6.07, 6.45) is 3.55. The summed E-state index contributed by atoms with van der Waals surface area (Å²) < 4.78 is 1.14. The fourth-order valence-electron chi connectivity index (χ4n) is 2.71. The third-order valence-corrected chi connectivity index (χ3v) is 4.10. The molecule has 2 rings (SSSR count). The fourth-order valence-corrected chi connectivity index (χ4v) is 2.98. The number of nitrogens with zero attached hydrogens (tertiary/aromatic N) is 1. The highest BCUT2D eigenvalue weighted by molar-refractivity contribution is 9.10. The third-order valence-electron chi connectivity index (χ3n) is 3.57. The lowest BCUT2D eigenvalue weighted by molar-refractivity contribution is 0.145. The first-order chi connectivity index (χ1) is 8.20. The van der Waals surface area contributed by atoms with Gasteiger partial charge >= 0.3 is 0 Å². The Balaban J connectivity index is 0.00000162. The summed E-state index contributed by atoms with van der Waals surface area (Å²) in [6.45, 7) is 4.48. The van der Waals surface area contributed by atoms with Crippen molar-refractivity contribution in [3.63, 3.8) is 0 Å². The summed E-state index contributed by atoms with van der Waals surface area (Å²) in [5.41, 5.74) is 7.48. The van der Waals surface area contributed by atoms with Crippen LogP contribution in [0.25, 0.3) is 0 Å². The van der Waals surface area contributed by atoms with Crippen LogP contribution in [0.2, 0.25) is 0 Å². The van der Waals surface area contributed by atoms with Gasteiger partial charge in [-0.1, -0.05) is 35.0 Å². The summed E-state index contributed by atoms with van der Waals surface area (Å²) in [7, 11) is 0. The molecule has 1 aromatic rings. The van der Waals surface area contributed by atoms with Crippen molar-refractivity contribution in [3.05, 3.63) is 34.3 Å². The molecule has 1 aliphatic rings. The number of likely N-dealkylation sites (tertiary alicyclic amines) is 1. The Hall–Kier alpha value is -0.0900. The Morgan fingerprint density at radius 2 is 2.06 bits per heavy atom. The molecular formula is C14H22BrClN2. The number of nitrogens with two attached hydrogens (primary N) is 1. The molecule has 1 fully saturated rings. The van der Waals surface area contributed by atoms with E-state index in [0.717, 1.165) is 17.4 Å². The first-order valence-corrected chi connectivity index (χ1v) is 7.25. The second-order valence-electron chi connectivity index (χ2n) is 4.87. The Morgan fingerprint density at radius 3 is 2.61 bits per heavy atom. The topological polar surface area (TPSA) is 29.3 Å². The zero-order valence-electron chi connectivity index (χ0n) is 10.8. The zero-order chi connectivity index (χ0) is 12.3. The van der Waals surface area contributed by atoms with Gasteiger partial charge in [-0.05, 0) is 43.5 Å². The first kappa shape index (κ1) is 16.0. The van der Waals surface area contributed by atoms with E-state index >= 15 is 0 Å². The minimum atomic E-state index is 0. The number of hydrogen-bond donors (Lipinski definition) is 1. The van der Waals surface area contributed by atoms with Gasteiger partial charge in [-0.15, -0.1) is 12.4 Å². The average molecular weight is 334 g/mol. The van der Waals surface area contributed by atoms with E-state index in [1.807, 2.05) is 0 Å². The normalized spacial score (nSPS) is 22.3. The molecule has 1 aromatic carbocycles. The predicted octanol–water partition coefficient (Wildman–Crippen LogP) is 3.75. The highest BCUT2D eigenvalue weighted by Crippen LogP contribution is 2.27. The monoisotopic (exact) mass is 332 g/mol. The molecule has 2 nitrogen and oxygen atoms in total. The van der Waals surface area contributed by atoms with Crippen molar-refractivity contribution >= 4 is 28.3 Å². The molecule has 1 aliphatic heterocycles. The van der Waals surface area contributed by atoms with Crippen molar-refractivity contribution in [1.82, 2.24) is 4.90 Å². The van der Waals surface area contributed by atoms with Crippen molar-refractivity contribution in [1.29, 1.82) is 0 Å². The van der Waals surface area contributed by atoms with Crippen LogP contribution in [0.5, 0.6) is 0 Å². The Kier molecular flexibility index (Phi) is 6.64. The van der Waals surface area contributed by atoms with Crippen molar-refractivity contribution in [3.8, 4) is 0 Å². The second-order valence-corrected chi connectivity index (χ2v) is 5.79. The molecule has 0 spiro atoms. The molecule has 102 valence electrons. The van der Waals surface area contributed by atoms with E-state index in [0.29, 0.717) is 12.1 Å². The summed E-state index contributed by atoms with van der Waals surface area (Å²) in [6, 6.07) is 9.57. The van der Waals surface area contributed by atoms with Crippen LogP contribution in [-0.2, 0) is 0 Å². The van der Waals surface area contributed by atoms with Crippen LogP contribution in [0, 0.1) is 0 Å². The molecular weight excluding hydrogens is 312 g/mol. The average Bonchev–Trinajstić information content (AvgIpc) is 2.33. The van der Waals surface area contributed by atoms with Crippen molar-refractivity contribution in [2.75, 3.05) is 13.1 Å². The predicted molar refractivity (Wildman–Crippen MR) is 83.2 cm³/mol. The van der Waals surface area contributed by atoms with Crippen LogP contribution in [0.1, 0.15) is 37.8 Å². The van der Waals surface area contributed by atoms with E-state index in [9.17, 15) is 0 Å². The highest BCUT2D eigenvalue weighted by Gasteiger charge is 2.23. The van der Waals surface area contributed by atoms with Crippen molar-refractivity contribution in [2.45, 2.75) is 38.3 Å². The van der Waals surface area contributed by atoms with E-state index in [4.69, 9.17) is 5.73 Å². The molecule has 0 aromatic heterocycles. The van der Waals surface area contributed by atoms with Gasteiger partial charge < -0.3 is 5.73 Å². The highest BCUT2D eigenvalue weighted by atomic mass is 79.9. The smallest absolute Gasteiger partial charge is 0.0346 e. The van der Waals surface area contributed by atoms with Crippen molar-refractivity contribution < 1.29 is 0 Å².